The van der Waals surface area contributed by atoms with Crippen LogP contribution in [0.3, 0.4) is 0 Å². The molecule has 0 fully saturated rings. The number of benzene rings is 10. The first-order valence-electron chi connectivity index (χ1n) is 23.7. The van der Waals surface area contributed by atoms with E-state index in [1.807, 2.05) is 72.8 Å². The van der Waals surface area contributed by atoms with E-state index < -0.39 is 0 Å². The van der Waals surface area contributed by atoms with Crippen LogP contribution >= 0.6 is 0 Å². The summed E-state index contributed by atoms with van der Waals surface area (Å²) >= 11 is 0. The topological polar surface area (TPSA) is 27.7 Å². The van der Waals surface area contributed by atoms with Crippen molar-refractivity contribution in [1.82, 2.24) is 0 Å². The minimum Gasteiger partial charge on any atom is -0.497 e. The lowest BCUT2D eigenvalue weighted by atomic mass is 9.91. The largest absolute Gasteiger partial charge is 0.497 e. The van der Waals surface area contributed by atoms with Crippen LogP contribution in [0.1, 0.15) is 33.4 Å². The molecule has 10 rings (SSSR count). The fourth-order valence-corrected chi connectivity index (χ4v) is 8.39. The number of hydrogen-bond acceptors (Lipinski definition) is 3. The zero-order valence-electron chi connectivity index (χ0n) is 40.2. The Hall–Kier alpha value is -9.72. The Balaban J connectivity index is 0.906. The van der Waals surface area contributed by atoms with E-state index in [0.717, 1.165) is 117 Å². The van der Waals surface area contributed by atoms with Gasteiger partial charge in [0.15, 0.2) is 0 Å². The summed E-state index contributed by atoms with van der Waals surface area (Å²) < 4.78 is 15.8. The van der Waals surface area contributed by atoms with Gasteiger partial charge in [0.1, 0.15) is 17.2 Å². The molecule has 0 radical (unpaired) electrons. The summed E-state index contributed by atoms with van der Waals surface area (Å²) in [6.07, 6.45) is 0. The molecule has 0 saturated carbocycles. The van der Waals surface area contributed by atoms with Crippen LogP contribution in [0.2, 0.25) is 0 Å². The van der Waals surface area contributed by atoms with Gasteiger partial charge in [0.2, 0.25) is 0 Å². The van der Waals surface area contributed by atoms with Gasteiger partial charge >= 0.3 is 0 Å². The molecular weight excluding hydrogens is 877 g/mol. The van der Waals surface area contributed by atoms with Crippen LogP contribution in [0.15, 0.2) is 237 Å². The van der Waals surface area contributed by atoms with Crippen LogP contribution in [-0.4, -0.2) is 21.3 Å². The van der Waals surface area contributed by atoms with Crippen LogP contribution in [0.4, 0.5) is 0 Å². The molecule has 10 aromatic rings. The summed E-state index contributed by atoms with van der Waals surface area (Å²) in [6.45, 7) is 0. The maximum atomic E-state index is 5.28. The molecule has 0 saturated heterocycles. The van der Waals surface area contributed by atoms with E-state index in [0.29, 0.717) is 0 Å². The lowest BCUT2D eigenvalue weighted by Gasteiger charge is -2.13. The minimum absolute atomic E-state index is 0.819. The van der Waals surface area contributed by atoms with E-state index in [1.54, 1.807) is 21.3 Å². The molecule has 72 heavy (non-hydrogen) atoms. The average molecular weight is 925 g/mol. The highest BCUT2D eigenvalue weighted by Crippen LogP contribution is 2.36. The SMILES string of the molecule is COc1ccc(C#Cc2ccc(-c3ccc(-c4cc(-c5ccc(-c6ccc(C#Cc7ccc(OC)cc7)cc6)cc5)cc(-c5ccc(-c6ccc(C#Cc7ccc(OC)cc7)cc6)cc5)c4)cc3)cc2)cc1. The van der Waals surface area contributed by atoms with Gasteiger partial charge in [0.05, 0.1) is 21.3 Å². The van der Waals surface area contributed by atoms with Gasteiger partial charge in [-0.05, 0) is 194 Å². The second-order valence-electron chi connectivity index (χ2n) is 17.2. The van der Waals surface area contributed by atoms with Crippen molar-refractivity contribution >= 4 is 0 Å². The van der Waals surface area contributed by atoms with Crippen LogP contribution in [0, 0.1) is 35.5 Å². The smallest absolute Gasteiger partial charge is 0.118 e. The molecule has 0 unspecified atom stereocenters. The molecule has 0 heterocycles. The Morgan fingerprint density at radius 1 is 0.181 bits per heavy atom. The van der Waals surface area contributed by atoms with Crippen molar-refractivity contribution in [2.24, 2.45) is 0 Å². The summed E-state index contributed by atoms with van der Waals surface area (Å²) in [5, 5.41) is 0. The number of hydrogen-bond donors (Lipinski definition) is 0. The van der Waals surface area contributed by atoms with Crippen LogP contribution < -0.4 is 14.2 Å². The fourth-order valence-electron chi connectivity index (χ4n) is 8.39. The molecule has 0 bridgehead atoms. The van der Waals surface area contributed by atoms with Gasteiger partial charge in [-0.25, -0.2) is 0 Å². The molecule has 0 aliphatic heterocycles. The van der Waals surface area contributed by atoms with E-state index >= 15 is 0 Å². The van der Waals surface area contributed by atoms with Gasteiger partial charge in [0.25, 0.3) is 0 Å². The molecule has 0 amide bonds. The van der Waals surface area contributed by atoms with Gasteiger partial charge in [-0.15, -0.1) is 0 Å². The predicted octanol–water partition coefficient (Wildman–Crippen LogP) is 15.9. The third-order valence-corrected chi connectivity index (χ3v) is 12.6. The second-order valence-corrected chi connectivity index (χ2v) is 17.2. The first-order chi connectivity index (χ1) is 35.4. The summed E-state index contributed by atoms with van der Waals surface area (Å²) in [5.41, 5.74) is 19.4. The molecule has 3 heteroatoms. The van der Waals surface area contributed by atoms with Gasteiger partial charge < -0.3 is 14.2 Å². The normalized spacial score (nSPS) is 10.4. The highest BCUT2D eigenvalue weighted by Gasteiger charge is 2.10. The molecule has 3 nitrogen and oxygen atoms in total. The van der Waals surface area contributed by atoms with E-state index in [9.17, 15) is 0 Å². The Kier molecular flexibility index (Phi) is 13.9. The molecule has 0 spiro atoms. The van der Waals surface area contributed by atoms with E-state index in [4.69, 9.17) is 14.2 Å². The van der Waals surface area contributed by atoms with Gasteiger partial charge in [-0.2, -0.15) is 0 Å². The maximum Gasteiger partial charge on any atom is 0.118 e. The summed E-state index contributed by atoms with van der Waals surface area (Å²) in [5.74, 6) is 22.1. The van der Waals surface area contributed by atoms with Gasteiger partial charge in [-0.3, -0.25) is 0 Å². The first-order valence-corrected chi connectivity index (χ1v) is 23.7. The molecule has 0 aromatic heterocycles. The highest BCUT2D eigenvalue weighted by atomic mass is 16.5. The van der Waals surface area contributed by atoms with E-state index in [2.05, 4.69) is 199 Å². The van der Waals surface area contributed by atoms with Crippen molar-refractivity contribution < 1.29 is 14.2 Å². The standard InChI is InChI=1S/C69H48O3/c1-70-67-40-16-52(17-41-67)7-4-49-10-22-55(23-11-49)58-28-34-61(35-29-58)64-46-65(62-36-30-59(31-37-62)56-24-12-50(13-25-56)5-8-53-18-42-68(71-2)43-19-53)48-66(47-64)63-38-32-60(33-39-63)57-26-14-51(15-27-57)6-9-54-20-44-69(72-3)45-21-54/h10-48H,1-3H3. The molecular formula is C69H48O3. The van der Waals surface area contributed by atoms with Crippen molar-refractivity contribution in [3.63, 3.8) is 0 Å². The summed E-state index contributed by atoms with van der Waals surface area (Å²) in [6, 6.07) is 82.1. The molecule has 10 aromatic carbocycles. The first kappa shape index (κ1) is 46.0. The minimum atomic E-state index is 0.819. The average Bonchev–Trinajstić information content (AvgIpc) is 3.46. The van der Waals surface area contributed by atoms with Crippen molar-refractivity contribution in [1.29, 1.82) is 0 Å². The fraction of sp³-hybridized carbons (Fsp3) is 0.0435. The second kappa shape index (κ2) is 21.7. The van der Waals surface area contributed by atoms with E-state index in [-0.39, 0.29) is 0 Å². The summed E-state index contributed by atoms with van der Waals surface area (Å²) in [7, 11) is 5.00. The summed E-state index contributed by atoms with van der Waals surface area (Å²) in [4.78, 5) is 0. The zero-order valence-corrected chi connectivity index (χ0v) is 40.2. The lowest BCUT2D eigenvalue weighted by Crippen LogP contribution is -1.88. The Morgan fingerprint density at radius 2 is 0.319 bits per heavy atom. The van der Waals surface area contributed by atoms with Crippen molar-refractivity contribution in [3.8, 4) is 120 Å². The third-order valence-electron chi connectivity index (χ3n) is 12.6. The Labute approximate surface area is 423 Å². The quantitative estimate of drug-likeness (QED) is 0.135. The van der Waals surface area contributed by atoms with Crippen LogP contribution in [0.5, 0.6) is 17.2 Å². The van der Waals surface area contributed by atoms with Crippen molar-refractivity contribution in [2.75, 3.05) is 21.3 Å². The van der Waals surface area contributed by atoms with Crippen LogP contribution in [-0.2, 0) is 0 Å². The van der Waals surface area contributed by atoms with Crippen LogP contribution in [0.25, 0.3) is 66.8 Å². The Bertz CT molecular complexity index is 3240. The predicted molar refractivity (Wildman–Crippen MR) is 296 cm³/mol. The van der Waals surface area contributed by atoms with Gasteiger partial charge in [-0.1, -0.05) is 145 Å². The maximum absolute atomic E-state index is 5.28. The number of rotatable bonds is 9. The monoisotopic (exact) mass is 924 g/mol. The van der Waals surface area contributed by atoms with Crippen molar-refractivity contribution in [2.45, 2.75) is 0 Å². The highest BCUT2D eigenvalue weighted by molar-refractivity contribution is 5.83. The number of ether oxygens (including phenoxy) is 3. The molecule has 0 atom stereocenters. The third kappa shape index (κ3) is 11.2. The molecule has 0 aliphatic carbocycles. The van der Waals surface area contributed by atoms with E-state index in [1.165, 1.54) is 0 Å². The molecule has 342 valence electrons. The molecule has 0 N–H and O–H groups in total. The zero-order chi connectivity index (χ0) is 49.1. The van der Waals surface area contributed by atoms with Crippen molar-refractivity contribution in [3.05, 3.63) is 270 Å². The number of methoxy groups -OCH3 is 3. The molecule has 0 aliphatic rings. The Morgan fingerprint density at radius 3 is 0.486 bits per heavy atom. The van der Waals surface area contributed by atoms with Gasteiger partial charge in [0, 0.05) is 33.4 Å². The lowest BCUT2D eigenvalue weighted by molar-refractivity contribution is 0.414.